The molecule has 4 N–H and O–H groups in total. The number of nitrogens with zero attached hydrogens (tertiary/aromatic N) is 5. The molecule has 0 saturated carbocycles. The van der Waals surface area contributed by atoms with Crippen molar-refractivity contribution in [2.75, 3.05) is 19.6 Å². The summed E-state index contributed by atoms with van der Waals surface area (Å²) in [5.41, 5.74) is 0. The van der Waals surface area contributed by atoms with E-state index in [2.05, 4.69) is 4.98 Å². The summed E-state index contributed by atoms with van der Waals surface area (Å²) >= 11 is 1.51. The first-order valence-corrected chi connectivity index (χ1v) is 11.9. The molecule has 11 nitrogen and oxygen atoms in total. The third-order valence-electron chi connectivity index (χ3n) is 6.74. The number of aliphatic imine (C=N–C) groups is 1. The normalized spacial score (nSPS) is 27.6. The molecular formula is C21H32N5O6S+. The second kappa shape index (κ2) is 9.43. The molecule has 33 heavy (non-hydrogen) atoms. The number of hydrogen-bond donors (Lipinski definition) is 2. The van der Waals surface area contributed by atoms with Crippen molar-refractivity contribution >= 4 is 35.9 Å². The highest BCUT2D eigenvalue weighted by molar-refractivity contribution is 8.01. The summed E-state index contributed by atoms with van der Waals surface area (Å²) in [6.45, 7) is 6.95. The highest BCUT2D eigenvalue weighted by Gasteiger charge is 2.64. The number of quaternary nitrogens is 1. The van der Waals surface area contributed by atoms with Crippen LogP contribution in [0.25, 0.3) is 0 Å². The molecule has 1 aromatic heterocycles. The maximum atomic E-state index is 12.8. The largest absolute Gasteiger partial charge is 0.480 e. The monoisotopic (exact) mass is 482 g/mol. The summed E-state index contributed by atoms with van der Waals surface area (Å²) < 4.78 is 1.76. The van der Waals surface area contributed by atoms with Crippen molar-refractivity contribution in [3.8, 4) is 0 Å². The standard InChI is InChI=1S/C21H29N5O5S.H2O/c1-21(2)15(19(28)29)25-17(27)14(18(25)32-21)23-13-26(10-4-3-5-11-26)12-6-8-24-9-7-22-16(24)20(30)31;/h7,9,13-15,18H,3-6,8,10-12H2,1-2H3,(H-,28,29,30,31);1H2/p+1/t14-,15+,18-;/m1./s1. The number of aromatic nitrogens is 2. The number of β-lactam (4-membered cyclic amide) rings is 1. The van der Waals surface area contributed by atoms with E-state index in [1.54, 1.807) is 10.8 Å². The molecule has 3 aliphatic rings. The molecule has 0 aliphatic carbocycles. The van der Waals surface area contributed by atoms with Crippen LogP contribution < -0.4 is 0 Å². The maximum Gasteiger partial charge on any atom is 0.372 e. The molecule has 0 spiro atoms. The molecule has 4 rings (SSSR count). The second-order valence-electron chi connectivity index (χ2n) is 9.36. The molecule has 4 heterocycles. The van der Waals surface area contributed by atoms with Crippen molar-refractivity contribution in [2.24, 2.45) is 4.99 Å². The zero-order chi connectivity index (χ0) is 23.1. The van der Waals surface area contributed by atoms with E-state index in [1.807, 2.05) is 20.2 Å². The number of carboxylic acids is 2. The number of carbonyl (C=O) groups excluding carboxylic acids is 1. The van der Waals surface area contributed by atoms with Gasteiger partial charge in [0.15, 0.2) is 12.4 Å². The quantitative estimate of drug-likeness (QED) is 0.239. The van der Waals surface area contributed by atoms with E-state index >= 15 is 0 Å². The SMILES string of the molecule is CC1(C)S[C@@H]2[C@H](N=C[N+]3(CCCn4ccnc4C(=O)O)CCCCC3)C(=O)N2[C@H]1C(=O)O.O. The summed E-state index contributed by atoms with van der Waals surface area (Å²) in [6, 6.07) is -1.36. The number of thioether (sulfide) groups is 1. The Balaban J connectivity index is 0.00000306. The summed E-state index contributed by atoms with van der Waals surface area (Å²) in [6.07, 6.45) is 9.17. The fraction of sp³-hybridized carbons (Fsp3) is 0.667. The summed E-state index contributed by atoms with van der Waals surface area (Å²) in [7, 11) is 0. The molecule has 3 aliphatic heterocycles. The van der Waals surface area contributed by atoms with Crippen LogP contribution in [0.1, 0.15) is 50.1 Å². The lowest BCUT2D eigenvalue weighted by Crippen LogP contribution is -2.65. The number of imidazole rings is 1. The molecular weight excluding hydrogens is 450 g/mol. The van der Waals surface area contributed by atoms with Gasteiger partial charge in [-0.3, -0.25) is 9.28 Å². The average molecular weight is 483 g/mol. The van der Waals surface area contributed by atoms with Crippen LogP contribution in [0.4, 0.5) is 0 Å². The van der Waals surface area contributed by atoms with E-state index < -0.39 is 28.8 Å². The third-order valence-corrected chi connectivity index (χ3v) is 8.29. The second-order valence-corrected chi connectivity index (χ2v) is 11.1. The number of amides is 1. The number of carboxylic acid groups (broad SMARTS) is 2. The Morgan fingerprint density at radius 3 is 2.64 bits per heavy atom. The number of fused-ring (bicyclic) bond motifs is 1. The van der Waals surface area contributed by atoms with Crippen molar-refractivity contribution in [1.29, 1.82) is 0 Å². The number of likely N-dealkylation sites (tertiary alicyclic amines) is 1. The van der Waals surface area contributed by atoms with Gasteiger partial charge in [-0.25, -0.2) is 19.6 Å². The number of carbonyl (C=O) groups is 3. The molecule has 182 valence electrons. The molecule has 3 fully saturated rings. The van der Waals surface area contributed by atoms with Crippen LogP contribution in [0.15, 0.2) is 17.4 Å². The molecule has 0 bridgehead atoms. The molecule has 0 aromatic carbocycles. The number of aromatic carboxylic acids is 1. The highest BCUT2D eigenvalue weighted by Crippen LogP contribution is 2.51. The van der Waals surface area contributed by atoms with Crippen LogP contribution in [0.2, 0.25) is 0 Å². The van der Waals surface area contributed by atoms with Crippen LogP contribution in [-0.2, 0) is 16.1 Å². The van der Waals surface area contributed by atoms with Gasteiger partial charge in [0, 0.05) is 30.1 Å². The molecule has 0 radical (unpaired) electrons. The first-order valence-electron chi connectivity index (χ1n) is 11.0. The van der Waals surface area contributed by atoms with Crippen molar-refractivity contribution in [3.63, 3.8) is 0 Å². The zero-order valence-electron chi connectivity index (χ0n) is 18.9. The van der Waals surface area contributed by atoms with Crippen LogP contribution in [0.3, 0.4) is 0 Å². The van der Waals surface area contributed by atoms with E-state index in [1.165, 1.54) is 29.3 Å². The fourth-order valence-electron chi connectivity index (χ4n) is 5.13. The number of piperidine rings is 1. The van der Waals surface area contributed by atoms with Crippen LogP contribution in [-0.4, -0.2) is 101 Å². The molecule has 12 heteroatoms. The van der Waals surface area contributed by atoms with Crippen LogP contribution in [0.5, 0.6) is 0 Å². The van der Waals surface area contributed by atoms with Crippen molar-refractivity contribution in [1.82, 2.24) is 14.5 Å². The summed E-state index contributed by atoms with van der Waals surface area (Å²) in [5.74, 6) is -2.18. The highest BCUT2D eigenvalue weighted by atomic mass is 32.2. The Morgan fingerprint density at radius 2 is 2.00 bits per heavy atom. The predicted molar refractivity (Wildman–Crippen MR) is 122 cm³/mol. The van der Waals surface area contributed by atoms with Gasteiger partial charge in [-0.2, -0.15) is 0 Å². The average Bonchev–Trinajstić information content (AvgIpc) is 3.29. The molecule has 0 unspecified atom stereocenters. The summed E-state index contributed by atoms with van der Waals surface area (Å²) in [5, 5.41) is 18.6. The van der Waals surface area contributed by atoms with Crippen LogP contribution in [0, 0.1) is 0 Å². The Morgan fingerprint density at radius 1 is 1.30 bits per heavy atom. The molecule has 3 atom stereocenters. The van der Waals surface area contributed by atoms with E-state index in [9.17, 15) is 24.6 Å². The number of aryl methyl sites for hydroxylation is 1. The number of aliphatic carboxylic acids is 1. The molecule has 1 amide bonds. The Hall–Kier alpha value is -2.44. The topological polar surface area (TPSA) is 157 Å². The Bertz CT molecular complexity index is 941. The van der Waals surface area contributed by atoms with Crippen molar-refractivity contribution in [2.45, 2.75) is 68.3 Å². The number of rotatable bonds is 8. The van der Waals surface area contributed by atoms with E-state index in [-0.39, 0.29) is 22.6 Å². The third kappa shape index (κ3) is 4.64. The Labute approximate surface area is 196 Å². The van der Waals surface area contributed by atoms with Gasteiger partial charge in [-0.05, 0) is 33.1 Å². The van der Waals surface area contributed by atoms with Gasteiger partial charge in [-0.1, -0.05) is 0 Å². The van der Waals surface area contributed by atoms with Crippen molar-refractivity contribution in [3.05, 3.63) is 18.2 Å². The lowest BCUT2D eigenvalue weighted by atomic mass is 9.96. The smallest absolute Gasteiger partial charge is 0.372 e. The molecule has 1 aromatic rings. The zero-order valence-corrected chi connectivity index (χ0v) is 19.7. The lowest BCUT2D eigenvalue weighted by molar-refractivity contribution is -0.841. The van der Waals surface area contributed by atoms with Crippen molar-refractivity contribution < 1.29 is 34.6 Å². The van der Waals surface area contributed by atoms with Gasteiger partial charge in [0.25, 0.3) is 5.91 Å². The van der Waals surface area contributed by atoms with Gasteiger partial charge < -0.3 is 25.2 Å². The van der Waals surface area contributed by atoms with Gasteiger partial charge in [0.05, 0.1) is 19.6 Å². The van der Waals surface area contributed by atoms with Crippen LogP contribution >= 0.6 is 11.8 Å². The predicted octanol–water partition coefficient (Wildman–Crippen LogP) is 0.691. The van der Waals surface area contributed by atoms with Gasteiger partial charge in [0.2, 0.25) is 5.82 Å². The molecule has 3 saturated heterocycles. The lowest BCUT2D eigenvalue weighted by Gasteiger charge is -2.42. The van der Waals surface area contributed by atoms with Gasteiger partial charge in [0.1, 0.15) is 11.4 Å². The van der Waals surface area contributed by atoms with Gasteiger partial charge in [-0.15, -0.1) is 11.8 Å². The minimum Gasteiger partial charge on any atom is -0.480 e. The minimum atomic E-state index is -1.04. The summed E-state index contributed by atoms with van der Waals surface area (Å²) in [4.78, 5) is 45.8. The first-order chi connectivity index (χ1) is 15.2. The minimum absolute atomic E-state index is 0. The fourth-order valence-corrected chi connectivity index (χ4v) is 6.75. The van der Waals surface area contributed by atoms with E-state index in [0.29, 0.717) is 11.0 Å². The van der Waals surface area contributed by atoms with Gasteiger partial charge >= 0.3 is 11.9 Å². The maximum absolute atomic E-state index is 12.8. The number of hydrogen-bond acceptors (Lipinski definition) is 6. The first kappa shape index (κ1) is 25.2. The Kier molecular flexibility index (Phi) is 7.20. The van der Waals surface area contributed by atoms with E-state index in [4.69, 9.17) is 4.99 Å². The van der Waals surface area contributed by atoms with E-state index in [0.717, 1.165) is 38.9 Å².